The van der Waals surface area contributed by atoms with E-state index in [-0.39, 0.29) is 16.9 Å². The fourth-order valence-corrected chi connectivity index (χ4v) is 5.27. The summed E-state index contributed by atoms with van der Waals surface area (Å²) in [5.74, 6) is 0.356. The number of hydrogen-bond acceptors (Lipinski definition) is 5. The molecule has 2 aromatic carbocycles. The lowest BCUT2D eigenvalue weighted by Gasteiger charge is -2.26. The van der Waals surface area contributed by atoms with Gasteiger partial charge in [0.05, 0.1) is 12.1 Å². The van der Waals surface area contributed by atoms with E-state index in [0.717, 1.165) is 36.0 Å². The van der Waals surface area contributed by atoms with Gasteiger partial charge in [-0.2, -0.15) is 0 Å². The highest BCUT2D eigenvalue weighted by atomic mass is 35.5. The molecule has 0 atom stereocenters. The molecule has 0 aliphatic carbocycles. The number of carbonyl (C=O) groups is 2. The van der Waals surface area contributed by atoms with Gasteiger partial charge < -0.3 is 15.0 Å². The fourth-order valence-electron chi connectivity index (χ4n) is 3.62. The average Bonchev–Trinajstić information content (AvgIpc) is 3.15. The van der Waals surface area contributed by atoms with E-state index in [0.29, 0.717) is 26.9 Å². The molecule has 1 fully saturated rings. The molecule has 9 heteroatoms. The van der Waals surface area contributed by atoms with E-state index in [2.05, 4.69) is 10.6 Å². The molecule has 166 valence electrons. The van der Waals surface area contributed by atoms with Crippen LogP contribution in [0.5, 0.6) is 5.75 Å². The summed E-state index contributed by atoms with van der Waals surface area (Å²) < 4.78 is 6.08. The Morgan fingerprint density at radius 2 is 1.81 bits per heavy atom. The number of likely N-dealkylation sites (tertiary alicyclic amines) is 1. The van der Waals surface area contributed by atoms with Crippen LogP contribution in [0, 0.1) is 0 Å². The number of nitrogens with zero attached hydrogens (tertiary/aromatic N) is 1. The largest absolute Gasteiger partial charge is 0.497 e. The molecule has 3 aromatic rings. The first kappa shape index (κ1) is 22.5. The number of thiophene rings is 1. The summed E-state index contributed by atoms with van der Waals surface area (Å²) in [6.07, 6.45) is 3.28. The minimum Gasteiger partial charge on any atom is -0.497 e. The van der Waals surface area contributed by atoms with Gasteiger partial charge in [0.15, 0.2) is 5.11 Å². The maximum Gasteiger partial charge on any atom is 0.269 e. The number of nitrogens with one attached hydrogen (secondary N) is 2. The number of fused-ring (bicyclic) bond motifs is 1. The topological polar surface area (TPSA) is 70.7 Å². The summed E-state index contributed by atoms with van der Waals surface area (Å²) in [7, 11) is 1.59. The van der Waals surface area contributed by atoms with Crippen molar-refractivity contribution in [1.29, 1.82) is 0 Å². The van der Waals surface area contributed by atoms with Gasteiger partial charge in [0.1, 0.15) is 10.6 Å². The summed E-state index contributed by atoms with van der Waals surface area (Å²) in [5.41, 5.74) is 1.32. The SMILES string of the molecule is COc1ccc2c(Cl)c(C(=O)NC(=S)Nc3ccc(C(=O)N4CCCCC4)cc3)sc2c1. The molecule has 4 rings (SSSR count). The van der Waals surface area contributed by atoms with Crippen molar-refractivity contribution in [2.24, 2.45) is 0 Å². The second-order valence-corrected chi connectivity index (χ2v) is 9.28. The number of benzene rings is 2. The highest BCUT2D eigenvalue weighted by Gasteiger charge is 2.20. The van der Waals surface area contributed by atoms with Crippen molar-refractivity contribution in [1.82, 2.24) is 10.2 Å². The van der Waals surface area contributed by atoms with Crippen LogP contribution in [0.1, 0.15) is 39.3 Å². The molecular formula is C23H22ClN3O3S2. The lowest BCUT2D eigenvalue weighted by Crippen LogP contribution is -2.35. The summed E-state index contributed by atoms with van der Waals surface area (Å²) in [6, 6.07) is 12.5. The van der Waals surface area contributed by atoms with Crippen molar-refractivity contribution in [2.45, 2.75) is 19.3 Å². The Morgan fingerprint density at radius 3 is 2.50 bits per heavy atom. The second kappa shape index (κ2) is 9.85. The highest BCUT2D eigenvalue weighted by molar-refractivity contribution is 7.80. The van der Waals surface area contributed by atoms with Crippen molar-refractivity contribution in [3.8, 4) is 5.75 Å². The first-order valence-corrected chi connectivity index (χ1v) is 11.8. The van der Waals surface area contributed by atoms with E-state index in [1.807, 2.05) is 17.0 Å². The number of carbonyl (C=O) groups excluding carboxylic acids is 2. The smallest absolute Gasteiger partial charge is 0.269 e. The Bertz CT molecular complexity index is 1170. The summed E-state index contributed by atoms with van der Waals surface area (Å²) >= 11 is 13.0. The molecule has 1 aliphatic heterocycles. The second-order valence-electron chi connectivity index (χ2n) is 7.45. The average molecular weight is 488 g/mol. The van der Waals surface area contributed by atoms with Crippen LogP contribution < -0.4 is 15.4 Å². The molecule has 6 nitrogen and oxygen atoms in total. The molecule has 0 unspecified atom stereocenters. The fraction of sp³-hybridized carbons (Fsp3) is 0.261. The van der Waals surface area contributed by atoms with Crippen molar-refractivity contribution in [3.05, 3.63) is 57.9 Å². The Balaban J connectivity index is 1.39. The van der Waals surface area contributed by atoms with Crippen molar-refractivity contribution >= 4 is 67.9 Å². The first-order chi connectivity index (χ1) is 15.5. The number of piperidine rings is 1. The third-order valence-corrected chi connectivity index (χ3v) is 7.16. The molecule has 0 radical (unpaired) electrons. The Kier molecular flexibility index (Phi) is 6.93. The van der Waals surface area contributed by atoms with E-state index in [1.165, 1.54) is 17.8 Å². The zero-order valence-electron chi connectivity index (χ0n) is 17.4. The van der Waals surface area contributed by atoms with E-state index in [9.17, 15) is 9.59 Å². The number of hydrogen-bond donors (Lipinski definition) is 2. The van der Waals surface area contributed by atoms with Gasteiger partial charge in [0.2, 0.25) is 0 Å². The van der Waals surface area contributed by atoms with Crippen molar-refractivity contribution in [3.63, 3.8) is 0 Å². The predicted octanol–water partition coefficient (Wildman–Crippen LogP) is 5.32. The van der Waals surface area contributed by atoms with Crippen LogP contribution in [0.2, 0.25) is 5.02 Å². The number of halogens is 1. The van der Waals surface area contributed by atoms with Gasteiger partial charge in [-0.15, -0.1) is 11.3 Å². The van der Waals surface area contributed by atoms with Crippen LogP contribution in [0.15, 0.2) is 42.5 Å². The molecule has 2 heterocycles. The van der Waals surface area contributed by atoms with E-state index in [1.54, 1.807) is 37.4 Å². The monoisotopic (exact) mass is 487 g/mol. The molecule has 1 saturated heterocycles. The van der Waals surface area contributed by atoms with Crippen LogP contribution in [0.3, 0.4) is 0 Å². The Labute approximate surface area is 200 Å². The minimum atomic E-state index is -0.385. The van der Waals surface area contributed by atoms with Crippen LogP contribution in [-0.2, 0) is 0 Å². The summed E-state index contributed by atoms with van der Waals surface area (Å²) in [4.78, 5) is 27.6. The predicted molar refractivity (Wildman–Crippen MR) is 133 cm³/mol. The van der Waals surface area contributed by atoms with E-state index < -0.39 is 0 Å². The van der Waals surface area contributed by atoms with Gasteiger partial charge in [-0.05, 0) is 73.9 Å². The zero-order chi connectivity index (χ0) is 22.7. The standard InChI is InChI=1S/C23H22ClN3O3S2/c1-30-16-9-10-17-18(13-16)32-20(19(17)24)21(28)26-23(31)25-15-7-5-14(6-8-15)22(29)27-11-3-2-4-12-27/h5-10,13H,2-4,11-12H2,1H3,(H2,25,26,28,31). The highest BCUT2D eigenvalue weighted by Crippen LogP contribution is 2.37. The molecule has 0 bridgehead atoms. The maximum absolute atomic E-state index is 12.7. The van der Waals surface area contributed by atoms with Crippen LogP contribution >= 0.6 is 35.2 Å². The van der Waals surface area contributed by atoms with Crippen LogP contribution in [0.25, 0.3) is 10.1 Å². The lowest BCUT2D eigenvalue weighted by molar-refractivity contribution is 0.0724. The molecule has 2 N–H and O–H groups in total. The lowest BCUT2D eigenvalue weighted by atomic mass is 10.1. The van der Waals surface area contributed by atoms with Crippen LogP contribution in [-0.4, -0.2) is 42.0 Å². The number of ether oxygens (including phenoxy) is 1. The van der Waals surface area contributed by atoms with E-state index >= 15 is 0 Å². The van der Waals surface area contributed by atoms with Gasteiger partial charge in [-0.3, -0.25) is 14.9 Å². The normalized spacial score (nSPS) is 13.6. The number of methoxy groups -OCH3 is 1. The molecule has 0 spiro atoms. The molecule has 2 amide bonds. The summed E-state index contributed by atoms with van der Waals surface area (Å²) in [5, 5.41) is 6.96. The third-order valence-electron chi connectivity index (χ3n) is 5.30. The molecule has 1 aromatic heterocycles. The maximum atomic E-state index is 12.7. The quantitative estimate of drug-likeness (QED) is 0.487. The number of amides is 2. The van der Waals surface area contributed by atoms with E-state index in [4.69, 9.17) is 28.6 Å². The molecule has 32 heavy (non-hydrogen) atoms. The number of anilines is 1. The van der Waals surface area contributed by atoms with Crippen LogP contribution in [0.4, 0.5) is 5.69 Å². The zero-order valence-corrected chi connectivity index (χ0v) is 19.8. The first-order valence-electron chi connectivity index (χ1n) is 10.2. The Hall–Kier alpha value is -2.68. The third kappa shape index (κ3) is 4.87. The minimum absolute atomic E-state index is 0.0446. The van der Waals surface area contributed by atoms with Gasteiger partial charge in [0.25, 0.3) is 11.8 Å². The van der Waals surface area contributed by atoms with Gasteiger partial charge >= 0.3 is 0 Å². The number of thiocarbonyl (C=S) groups is 1. The van der Waals surface area contributed by atoms with Crippen molar-refractivity contribution in [2.75, 3.05) is 25.5 Å². The van der Waals surface area contributed by atoms with Crippen molar-refractivity contribution < 1.29 is 14.3 Å². The Morgan fingerprint density at radius 1 is 1.09 bits per heavy atom. The van der Waals surface area contributed by atoms with Gasteiger partial charge in [0, 0.05) is 34.4 Å². The van der Waals surface area contributed by atoms with Gasteiger partial charge in [-0.1, -0.05) is 11.6 Å². The molecule has 1 aliphatic rings. The molecule has 0 saturated carbocycles. The number of rotatable bonds is 4. The van der Waals surface area contributed by atoms with Gasteiger partial charge in [-0.25, -0.2) is 0 Å². The molecular weight excluding hydrogens is 466 g/mol. The summed E-state index contributed by atoms with van der Waals surface area (Å²) in [6.45, 7) is 1.62.